The molecule has 69 heavy (non-hydrogen) atoms. The smallest absolute Gasteiger partial charge is 0.241 e. The normalized spacial score (nSPS) is 11.5. The van der Waals surface area contributed by atoms with Crippen molar-refractivity contribution in [3.8, 4) is 56.7 Å². The van der Waals surface area contributed by atoms with Crippen LogP contribution < -0.4 is 16.4 Å². The molecule has 0 atom stereocenters. The molecular formula is C63H42BN5. The summed E-state index contributed by atoms with van der Waals surface area (Å²) < 4.78 is 4.70. The van der Waals surface area contributed by atoms with E-state index >= 15 is 0 Å². The SMILES string of the molecule is c1ccc(B(c2ccccc2)c2cccc(-n3c4ccccc4c4ccc5c(c6ccccc6n5-c5nc(-c6ccc(-c7ccccc7)cc6)nc(-c6ccc(-c7ccccc7)cc6)n5)c43)c2)cc1. The Morgan fingerprint density at radius 1 is 0.290 bits per heavy atom. The molecule has 10 aromatic carbocycles. The van der Waals surface area contributed by atoms with E-state index in [0.29, 0.717) is 17.6 Å². The van der Waals surface area contributed by atoms with Crippen molar-refractivity contribution in [2.75, 3.05) is 0 Å². The van der Waals surface area contributed by atoms with E-state index in [1.165, 1.54) is 27.2 Å². The molecule has 0 bridgehead atoms. The summed E-state index contributed by atoms with van der Waals surface area (Å²) in [6.45, 7) is 0.0543. The van der Waals surface area contributed by atoms with E-state index in [2.05, 4.69) is 252 Å². The Bertz CT molecular complexity index is 3840. The van der Waals surface area contributed by atoms with Crippen molar-refractivity contribution >= 4 is 66.7 Å². The lowest BCUT2D eigenvalue weighted by Crippen LogP contribution is -2.51. The lowest BCUT2D eigenvalue weighted by atomic mass is 9.37. The monoisotopic (exact) mass is 879 g/mol. The molecule has 0 unspecified atom stereocenters. The molecule has 322 valence electrons. The van der Waals surface area contributed by atoms with Gasteiger partial charge in [-0.05, 0) is 52.6 Å². The molecule has 6 heteroatoms. The van der Waals surface area contributed by atoms with E-state index in [1.807, 2.05) is 12.1 Å². The maximum atomic E-state index is 5.37. The molecule has 0 saturated carbocycles. The van der Waals surface area contributed by atoms with Crippen molar-refractivity contribution in [3.05, 3.63) is 255 Å². The molecule has 0 aliphatic carbocycles. The number of rotatable bonds is 9. The molecule has 13 aromatic rings. The van der Waals surface area contributed by atoms with E-state index in [1.54, 1.807) is 0 Å². The molecule has 3 heterocycles. The van der Waals surface area contributed by atoms with Crippen LogP contribution in [0.2, 0.25) is 0 Å². The molecule has 0 aliphatic heterocycles. The zero-order valence-electron chi connectivity index (χ0n) is 37.6. The molecule has 0 radical (unpaired) electrons. The average Bonchev–Trinajstić information content (AvgIpc) is 3.95. The highest BCUT2D eigenvalue weighted by Gasteiger charge is 2.25. The third-order valence-electron chi connectivity index (χ3n) is 13.5. The average molecular weight is 880 g/mol. The fourth-order valence-corrected chi connectivity index (χ4v) is 10.3. The van der Waals surface area contributed by atoms with E-state index in [4.69, 9.17) is 15.0 Å². The van der Waals surface area contributed by atoms with Gasteiger partial charge in [0.15, 0.2) is 11.6 Å². The number of hydrogen-bond acceptors (Lipinski definition) is 3. The van der Waals surface area contributed by atoms with Crippen LogP contribution in [0, 0.1) is 0 Å². The van der Waals surface area contributed by atoms with Gasteiger partial charge in [-0.2, -0.15) is 9.97 Å². The second-order valence-electron chi connectivity index (χ2n) is 17.6. The van der Waals surface area contributed by atoms with Crippen LogP contribution in [0.3, 0.4) is 0 Å². The third-order valence-corrected chi connectivity index (χ3v) is 13.5. The van der Waals surface area contributed by atoms with Crippen LogP contribution >= 0.6 is 0 Å². The summed E-state index contributed by atoms with van der Waals surface area (Å²) in [6.07, 6.45) is 0. The van der Waals surface area contributed by atoms with Crippen LogP contribution in [0.1, 0.15) is 0 Å². The topological polar surface area (TPSA) is 48.5 Å². The predicted molar refractivity (Wildman–Crippen MR) is 288 cm³/mol. The van der Waals surface area contributed by atoms with E-state index in [-0.39, 0.29) is 6.71 Å². The van der Waals surface area contributed by atoms with Crippen molar-refractivity contribution in [3.63, 3.8) is 0 Å². The fourth-order valence-electron chi connectivity index (χ4n) is 10.3. The Morgan fingerprint density at radius 3 is 1.30 bits per heavy atom. The van der Waals surface area contributed by atoms with Crippen LogP contribution in [0.25, 0.3) is 100 Å². The Morgan fingerprint density at radius 2 is 0.739 bits per heavy atom. The highest BCUT2D eigenvalue weighted by Crippen LogP contribution is 2.42. The minimum atomic E-state index is 0.0543. The van der Waals surface area contributed by atoms with Gasteiger partial charge in [-0.15, -0.1) is 0 Å². The maximum Gasteiger partial charge on any atom is 0.241 e. The summed E-state index contributed by atoms with van der Waals surface area (Å²) in [7, 11) is 0. The van der Waals surface area contributed by atoms with Crippen LogP contribution in [-0.2, 0) is 0 Å². The molecule has 0 aliphatic rings. The van der Waals surface area contributed by atoms with Crippen molar-refractivity contribution in [1.29, 1.82) is 0 Å². The molecule has 5 nitrogen and oxygen atoms in total. The first kappa shape index (κ1) is 40.2. The maximum absolute atomic E-state index is 5.37. The first-order valence-electron chi connectivity index (χ1n) is 23.5. The highest BCUT2D eigenvalue weighted by atomic mass is 15.2. The zero-order chi connectivity index (χ0) is 45.7. The lowest BCUT2D eigenvalue weighted by molar-refractivity contribution is 0.953. The molecule has 0 saturated heterocycles. The van der Waals surface area contributed by atoms with Crippen molar-refractivity contribution in [2.45, 2.75) is 0 Å². The van der Waals surface area contributed by atoms with Gasteiger partial charge in [-0.1, -0.05) is 241 Å². The number of nitrogens with zero attached hydrogens (tertiary/aromatic N) is 5. The zero-order valence-corrected chi connectivity index (χ0v) is 37.6. The minimum absolute atomic E-state index is 0.0543. The summed E-state index contributed by atoms with van der Waals surface area (Å²) in [6, 6.07) is 90.7. The first-order chi connectivity index (χ1) is 34.2. The Kier molecular flexibility index (Phi) is 9.87. The Labute approximate surface area is 400 Å². The van der Waals surface area contributed by atoms with Gasteiger partial charge in [0.1, 0.15) is 0 Å². The largest absolute Gasteiger partial charge is 0.309 e. The quantitative estimate of drug-likeness (QED) is 0.136. The fraction of sp³-hybridized carbons (Fsp3) is 0. The van der Waals surface area contributed by atoms with Crippen molar-refractivity contribution in [2.24, 2.45) is 0 Å². The van der Waals surface area contributed by atoms with Gasteiger partial charge in [-0.25, -0.2) is 4.98 Å². The summed E-state index contributed by atoms with van der Waals surface area (Å²) in [5.74, 6) is 1.76. The summed E-state index contributed by atoms with van der Waals surface area (Å²) in [5.41, 5.74) is 15.5. The first-order valence-corrected chi connectivity index (χ1v) is 23.5. The number of fused-ring (bicyclic) bond motifs is 7. The molecule has 0 amide bonds. The van der Waals surface area contributed by atoms with Crippen molar-refractivity contribution < 1.29 is 0 Å². The number of aromatic nitrogens is 5. The van der Waals surface area contributed by atoms with Gasteiger partial charge < -0.3 is 4.57 Å². The minimum Gasteiger partial charge on any atom is -0.309 e. The van der Waals surface area contributed by atoms with E-state index < -0.39 is 0 Å². The van der Waals surface area contributed by atoms with Crippen LogP contribution in [-0.4, -0.2) is 30.8 Å². The number of hydrogen-bond donors (Lipinski definition) is 0. The summed E-state index contributed by atoms with van der Waals surface area (Å²) in [5, 5.41) is 4.63. The van der Waals surface area contributed by atoms with E-state index in [0.717, 1.165) is 71.9 Å². The standard InChI is InChI=1S/C63H42BN5/c1-5-18-43(19-6-1)45-32-36-47(37-33-45)61-65-62(48-38-34-46(35-39-48)44-20-7-2-8-21-44)67-63(66-61)69-57-31-16-14-29-55(57)59-58(69)41-40-54-53-28-13-15-30-56(53)68(60(54)59)52-27-17-26-51(42-52)64(49-22-9-3-10-23-49)50-24-11-4-12-25-50/h1-42H. The molecular weight excluding hydrogens is 838 g/mol. The van der Waals surface area contributed by atoms with Gasteiger partial charge >= 0.3 is 0 Å². The second-order valence-corrected chi connectivity index (χ2v) is 17.6. The molecule has 3 aromatic heterocycles. The van der Waals surface area contributed by atoms with Gasteiger partial charge in [0.2, 0.25) is 12.7 Å². The van der Waals surface area contributed by atoms with Gasteiger partial charge in [0, 0.05) is 38.4 Å². The van der Waals surface area contributed by atoms with Crippen LogP contribution in [0.5, 0.6) is 0 Å². The molecule has 0 spiro atoms. The molecule has 0 N–H and O–H groups in total. The lowest BCUT2D eigenvalue weighted by Gasteiger charge is -2.17. The van der Waals surface area contributed by atoms with Crippen LogP contribution in [0.15, 0.2) is 255 Å². The van der Waals surface area contributed by atoms with E-state index in [9.17, 15) is 0 Å². The Hall–Kier alpha value is -9.13. The molecule has 0 fully saturated rings. The van der Waals surface area contributed by atoms with Gasteiger partial charge in [0.05, 0.1) is 22.1 Å². The van der Waals surface area contributed by atoms with Crippen molar-refractivity contribution in [1.82, 2.24) is 24.1 Å². The second kappa shape index (κ2) is 16.9. The highest BCUT2D eigenvalue weighted by molar-refractivity contribution is 6.95. The van der Waals surface area contributed by atoms with Gasteiger partial charge in [0.25, 0.3) is 0 Å². The summed E-state index contributed by atoms with van der Waals surface area (Å²) >= 11 is 0. The summed E-state index contributed by atoms with van der Waals surface area (Å²) in [4.78, 5) is 15.9. The van der Waals surface area contributed by atoms with Crippen LogP contribution in [0.4, 0.5) is 0 Å². The predicted octanol–water partition coefficient (Wildman–Crippen LogP) is 13.2. The molecule has 13 rings (SSSR count). The Balaban J connectivity index is 1.04. The van der Waals surface area contributed by atoms with Gasteiger partial charge in [-0.3, -0.25) is 4.57 Å². The third kappa shape index (κ3) is 7.09. The number of para-hydroxylation sites is 2. The number of benzene rings is 10.